The van der Waals surface area contributed by atoms with Crippen molar-refractivity contribution in [3.63, 3.8) is 0 Å². The SMILES string of the molecule is C[CH]CCCCC(N)CCCCCC. The van der Waals surface area contributed by atoms with Crippen LogP contribution in [0.5, 0.6) is 0 Å². The Kier molecular flexibility index (Phi) is 11.0. The third-order valence-corrected chi connectivity index (χ3v) is 2.75. The zero-order chi connectivity index (χ0) is 10.6. The highest BCUT2D eigenvalue weighted by atomic mass is 14.6. The highest BCUT2D eigenvalue weighted by molar-refractivity contribution is 4.63. The van der Waals surface area contributed by atoms with E-state index in [4.69, 9.17) is 5.73 Å². The fraction of sp³-hybridized carbons (Fsp3) is 0.923. The molecular formula is C13H28N. The van der Waals surface area contributed by atoms with E-state index in [1.807, 2.05) is 0 Å². The second kappa shape index (κ2) is 11.0. The quantitative estimate of drug-likeness (QED) is 0.526. The third kappa shape index (κ3) is 10.0. The minimum atomic E-state index is 0.462. The van der Waals surface area contributed by atoms with Gasteiger partial charge in [0, 0.05) is 6.04 Å². The zero-order valence-electron chi connectivity index (χ0n) is 10.1. The first-order valence-electron chi connectivity index (χ1n) is 6.34. The van der Waals surface area contributed by atoms with Crippen molar-refractivity contribution in [3.8, 4) is 0 Å². The largest absolute Gasteiger partial charge is 0.328 e. The maximum absolute atomic E-state index is 6.03. The summed E-state index contributed by atoms with van der Waals surface area (Å²) in [5.74, 6) is 0. The minimum absolute atomic E-state index is 0.462. The normalized spacial score (nSPS) is 11.1. The van der Waals surface area contributed by atoms with Crippen LogP contribution in [-0.2, 0) is 0 Å². The molecule has 0 amide bonds. The first-order valence-corrected chi connectivity index (χ1v) is 6.34. The fourth-order valence-corrected chi connectivity index (χ4v) is 1.73. The second-order valence-electron chi connectivity index (χ2n) is 4.30. The van der Waals surface area contributed by atoms with Crippen LogP contribution in [0.1, 0.15) is 71.6 Å². The molecule has 0 aliphatic rings. The van der Waals surface area contributed by atoms with Gasteiger partial charge in [0.25, 0.3) is 0 Å². The van der Waals surface area contributed by atoms with E-state index in [1.54, 1.807) is 0 Å². The lowest BCUT2D eigenvalue weighted by molar-refractivity contribution is 0.499. The summed E-state index contributed by atoms with van der Waals surface area (Å²) in [7, 11) is 0. The molecule has 14 heavy (non-hydrogen) atoms. The van der Waals surface area contributed by atoms with Crippen LogP contribution in [0.3, 0.4) is 0 Å². The van der Waals surface area contributed by atoms with Gasteiger partial charge in [0.2, 0.25) is 0 Å². The van der Waals surface area contributed by atoms with Crippen LogP contribution >= 0.6 is 0 Å². The lowest BCUT2D eigenvalue weighted by Crippen LogP contribution is -2.19. The topological polar surface area (TPSA) is 26.0 Å². The highest BCUT2D eigenvalue weighted by Gasteiger charge is 2.01. The first kappa shape index (κ1) is 14.0. The van der Waals surface area contributed by atoms with Crippen molar-refractivity contribution in [1.29, 1.82) is 0 Å². The molecule has 2 N–H and O–H groups in total. The zero-order valence-corrected chi connectivity index (χ0v) is 10.1. The van der Waals surface area contributed by atoms with E-state index in [-0.39, 0.29) is 0 Å². The molecule has 1 radical (unpaired) electrons. The van der Waals surface area contributed by atoms with Gasteiger partial charge < -0.3 is 5.73 Å². The predicted molar refractivity (Wildman–Crippen MR) is 65.2 cm³/mol. The molecule has 0 aromatic heterocycles. The molecule has 0 saturated heterocycles. The van der Waals surface area contributed by atoms with Gasteiger partial charge in [-0.15, -0.1) is 0 Å². The number of hydrogen-bond acceptors (Lipinski definition) is 1. The van der Waals surface area contributed by atoms with E-state index >= 15 is 0 Å². The molecule has 0 rings (SSSR count). The second-order valence-corrected chi connectivity index (χ2v) is 4.30. The molecule has 1 heteroatoms. The average molecular weight is 198 g/mol. The van der Waals surface area contributed by atoms with Crippen LogP contribution < -0.4 is 5.73 Å². The number of rotatable bonds is 10. The Labute approximate surface area is 90.5 Å². The molecule has 0 saturated carbocycles. The summed E-state index contributed by atoms with van der Waals surface area (Å²) in [5, 5.41) is 0. The van der Waals surface area contributed by atoms with Gasteiger partial charge in [-0.1, -0.05) is 58.8 Å². The molecule has 0 aliphatic carbocycles. The number of unbranched alkanes of at least 4 members (excludes halogenated alkanes) is 6. The molecule has 1 atom stereocenters. The summed E-state index contributed by atoms with van der Waals surface area (Å²) in [5.41, 5.74) is 6.03. The van der Waals surface area contributed by atoms with Crippen LogP contribution in [0.25, 0.3) is 0 Å². The van der Waals surface area contributed by atoms with Crippen molar-refractivity contribution >= 4 is 0 Å². The van der Waals surface area contributed by atoms with Gasteiger partial charge in [0.05, 0.1) is 0 Å². The van der Waals surface area contributed by atoms with Crippen LogP contribution in [0, 0.1) is 6.42 Å². The van der Waals surface area contributed by atoms with Gasteiger partial charge in [0.1, 0.15) is 0 Å². The van der Waals surface area contributed by atoms with Gasteiger partial charge in [-0.25, -0.2) is 0 Å². The van der Waals surface area contributed by atoms with E-state index in [1.165, 1.54) is 57.8 Å². The minimum Gasteiger partial charge on any atom is -0.328 e. The fourth-order valence-electron chi connectivity index (χ4n) is 1.73. The molecule has 0 heterocycles. The van der Waals surface area contributed by atoms with Crippen LogP contribution in [0.2, 0.25) is 0 Å². The summed E-state index contributed by atoms with van der Waals surface area (Å²) in [4.78, 5) is 0. The lowest BCUT2D eigenvalue weighted by atomic mass is 10.0. The Bertz CT molecular complexity index is 89.4. The van der Waals surface area contributed by atoms with Crippen molar-refractivity contribution in [3.05, 3.63) is 6.42 Å². The standard InChI is InChI=1S/C13H28N/c1-3-5-7-9-11-13(14)12-10-8-6-4-2/h3,13H,4-12,14H2,1-2H3. The Morgan fingerprint density at radius 1 is 1.00 bits per heavy atom. The summed E-state index contributed by atoms with van der Waals surface area (Å²) < 4.78 is 0. The maximum atomic E-state index is 6.03. The van der Waals surface area contributed by atoms with Gasteiger partial charge >= 0.3 is 0 Å². The van der Waals surface area contributed by atoms with Gasteiger partial charge in [0.15, 0.2) is 0 Å². The van der Waals surface area contributed by atoms with E-state index < -0.39 is 0 Å². The summed E-state index contributed by atoms with van der Waals surface area (Å²) in [6.07, 6.45) is 14.0. The summed E-state index contributed by atoms with van der Waals surface area (Å²) in [6.45, 7) is 4.38. The van der Waals surface area contributed by atoms with Gasteiger partial charge in [-0.3, -0.25) is 0 Å². The van der Waals surface area contributed by atoms with Crippen LogP contribution in [-0.4, -0.2) is 6.04 Å². The first-order chi connectivity index (χ1) is 6.81. The summed E-state index contributed by atoms with van der Waals surface area (Å²) >= 11 is 0. The van der Waals surface area contributed by atoms with Crippen molar-refractivity contribution in [1.82, 2.24) is 0 Å². The van der Waals surface area contributed by atoms with E-state index in [0.717, 1.165) is 0 Å². The molecule has 1 unspecified atom stereocenters. The number of hydrogen-bond donors (Lipinski definition) is 1. The van der Waals surface area contributed by atoms with Gasteiger partial charge in [-0.05, 0) is 19.3 Å². The Morgan fingerprint density at radius 3 is 2.21 bits per heavy atom. The molecule has 0 aliphatic heterocycles. The predicted octanol–water partition coefficient (Wildman–Crippen LogP) is 4.07. The average Bonchev–Trinajstić information content (AvgIpc) is 2.19. The van der Waals surface area contributed by atoms with Crippen LogP contribution in [0.15, 0.2) is 0 Å². The molecule has 0 aromatic rings. The smallest absolute Gasteiger partial charge is 0.00388 e. The van der Waals surface area contributed by atoms with Crippen molar-refractivity contribution in [2.75, 3.05) is 0 Å². The molecule has 85 valence electrons. The van der Waals surface area contributed by atoms with Gasteiger partial charge in [-0.2, -0.15) is 0 Å². The van der Waals surface area contributed by atoms with E-state index in [0.29, 0.717) is 6.04 Å². The number of nitrogens with two attached hydrogens (primary N) is 1. The third-order valence-electron chi connectivity index (χ3n) is 2.75. The summed E-state index contributed by atoms with van der Waals surface area (Å²) in [6, 6.07) is 0.462. The Hall–Kier alpha value is -0.0400. The highest BCUT2D eigenvalue weighted by Crippen LogP contribution is 2.10. The maximum Gasteiger partial charge on any atom is 0.00388 e. The molecular weight excluding hydrogens is 170 g/mol. The molecule has 1 nitrogen and oxygen atoms in total. The Balaban J connectivity index is 3.07. The Morgan fingerprint density at radius 2 is 1.64 bits per heavy atom. The molecule has 0 fully saturated rings. The van der Waals surface area contributed by atoms with E-state index in [2.05, 4.69) is 20.3 Å². The van der Waals surface area contributed by atoms with Crippen molar-refractivity contribution < 1.29 is 0 Å². The lowest BCUT2D eigenvalue weighted by Gasteiger charge is -2.10. The van der Waals surface area contributed by atoms with Crippen LogP contribution in [0.4, 0.5) is 0 Å². The molecule has 0 spiro atoms. The molecule has 0 bridgehead atoms. The van der Waals surface area contributed by atoms with Crippen molar-refractivity contribution in [2.24, 2.45) is 5.73 Å². The monoisotopic (exact) mass is 198 g/mol. The molecule has 0 aromatic carbocycles. The van der Waals surface area contributed by atoms with Crippen molar-refractivity contribution in [2.45, 2.75) is 77.7 Å². The van der Waals surface area contributed by atoms with E-state index in [9.17, 15) is 0 Å².